The topological polar surface area (TPSA) is 79.8 Å². The minimum absolute atomic E-state index is 0.306. The number of aryl methyl sites for hydroxylation is 1. The van der Waals surface area contributed by atoms with Crippen LogP contribution >= 0.6 is 15.9 Å². The first-order valence-electron chi connectivity index (χ1n) is 9.08. The number of hydrogen-bond acceptors (Lipinski definition) is 4. The van der Waals surface area contributed by atoms with Crippen molar-refractivity contribution in [3.05, 3.63) is 58.1 Å². The smallest absolute Gasteiger partial charge is 0.249 e. The maximum Gasteiger partial charge on any atom is 0.249 e. The Hall–Kier alpha value is -2.67. The van der Waals surface area contributed by atoms with E-state index in [-0.39, 0.29) is 6.42 Å². The van der Waals surface area contributed by atoms with Crippen molar-refractivity contribution in [2.45, 2.75) is 33.1 Å². The van der Waals surface area contributed by atoms with Gasteiger partial charge in [0, 0.05) is 5.69 Å². The van der Waals surface area contributed by atoms with Gasteiger partial charge in [-0.25, -0.2) is 5.43 Å². The van der Waals surface area contributed by atoms with Crippen molar-refractivity contribution < 1.29 is 14.3 Å². The van der Waals surface area contributed by atoms with Crippen molar-refractivity contribution in [2.24, 2.45) is 5.10 Å². The van der Waals surface area contributed by atoms with Gasteiger partial charge in [-0.3, -0.25) is 9.59 Å². The van der Waals surface area contributed by atoms with Crippen LogP contribution in [0.2, 0.25) is 0 Å². The van der Waals surface area contributed by atoms with E-state index in [4.69, 9.17) is 4.74 Å². The number of nitrogens with zero attached hydrogens (tertiary/aromatic N) is 1. The van der Waals surface area contributed by atoms with E-state index in [2.05, 4.69) is 38.7 Å². The Balaban J connectivity index is 1.79. The van der Waals surface area contributed by atoms with Crippen molar-refractivity contribution >= 4 is 39.6 Å². The number of ether oxygens (including phenoxy) is 1. The van der Waals surface area contributed by atoms with Gasteiger partial charge in [0.2, 0.25) is 11.8 Å². The van der Waals surface area contributed by atoms with E-state index in [9.17, 15) is 9.59 Å². The molecule has 0 aliphatic carbocycles. The number of carbonyl (C=O) groups excluding carboxylic acids is 2. The van der Waals surface area contributed by atoms with Crippen LogP contribution in [0.15, 0.2) is 52.0 Å². The summed E-state index contributed by atoms with van der Waals surface area (Å²) in [6.07, 6.45) is 3.28. The van der Waals surface area contributed by atoms with Gasteiger partial charge in [0.1, 0.15) is 12.2 Å². The summed E-state index contributed by atoms with van der Waals surface area (Å²) in [6.45, 7) is 4.74. The number of halogens is 1. The highest BCUT2D eigenvalue weighted by atomic mass is 79.9. The number of benzene rings is 2. The number of hydrogen-bond donors (Lipinski definition) is 2. The van der Waals surface area contributed by atoms with E-state index in [0.717, 1.165) is 34.2 Å². The molecule has 148 valence electrons. The third-order valence-electron chi connectivity index (χ3n) is 3.77. The van der Waals surface area contributed by atoms with Gasteiger partial charge in [0.15, 0.2) is 0 Å². The zero-order valence-electron chi connectivity index (χ0n) is 16.0. The van der Waals surface area contributed by atoms with Crippen molar-refractivity contribution in [1.29, 1.82) is 0 Å². The number of carbonyl (C=O) groups is 2. The number of hydrazone groups is 1. The van der Waals surface area contributed by atoms with Crippen LogP contribution in [0.1, 0.15) is 37.3 Å². The first kappa shape index (κ1) is 21.6. The molecule has 0 fully saturated rings. The summed E-state index contributed by atoms with van der Waals surface area (Å²) in [6, 6.07) is 12.9. The Morgan fingerprint density at radius 1 is 1.14 bits per heavy atom. The Labute approximate surface area is 173 Å². The van der Waals surface area contributed by atoms with Crippen molar-refractivity contribution in [1.82, 2.24) is 5.43 Å². The fraction of sp³-hybridized carbons (Fsp3) is 0.286. The molecule has 0 spiro atoms. The van der Waals surface area contributed by atoms with Gasteiger partial charge in [-0.1, -0.05) is 31.0 Å². The van der Waals surface area contributed by atoms with Crippen molar-refractivity contribution in [3.63, 3.8) is 0 Å². The fourth-order valence-corrected chi connectivity index (χ4v) is 2.76. The van der Waals surface area contributed by atoms with Gasteiger partial charge in [-0.2, -0.15) is 5.10 Å². The van der Waals surface area contributed by atoms with E-state index in [1.54, 1.807) is 12.1 Å². The summed E-state index contributed by atoms with van der Waals surface area (Å²) in [5.74, 6) is -0.116. The lowest BCUT2D eigenvalue weighted by Gasteiger charge is -2.08. The lowest BCUT2D eigenvalue weighted by molar-refractivity contribution is -0.126. The lowest BCUT2D eigenvalue weighted by atomic mass is 10.2. The predicted octanol–water partition coefficient (Wildman–Crippen LogP) is 4.42. The molecule has 0 aliphatic rings. The predicted molar refractivity (Wildman–Crippen MR) is 115 cm³/mol. The molecule has 28 heavy (non-hydrogen) atoms. The summed E-state index contributed by atoms with van der Waals surface area (Å²) in [5.41, 5.74) is 4.89. The van der Waals surface area contributed by atoms with Crippen LogP contribution in [-0.2, 0) is 9.59 Å². The maximum absolute atomic E-state index is 11.9. The second-order valence-corrected chi connectivity index (χ2v) is 7.13. The molecule has 2 rings (SSSR count). The third-order valence-corrected chi connectivity index (χ3v) is 4.39. The lowest BCUT2D eigenvalue weighted by Crippen LogP contribution is -2.24. The maximum atomic E-state index is 11.9. The molecule has 2 aromatic rings. The molecule has 0 aliphatic heterocycles. The van der Waals surface area contributed by atoms with E-state index in [0.29, 0.717) is 12.3 Å². The zero-order chi connectivity index (χ0) is 20.4. The first-order valence-corrected chi connectivity index (χ1v) is 9.88. The highest BCUT2D eigenvalue weighted by Gasteiger charge is 2.09. The Morgan fingerprint density at radius 2 is 1.89 bits per heavy atom. The van der Waals surface area contributed by atoms with E-state index in [1.807, 2.05) is 37.3 Å². The molecular formula is C21H24BrN3O3. The Morgan fingerprint density at radius 3 is 2.57 bits per heavy atom. The number of unbranched alkanes of at least 4 members (excludes halogenated alkanes) is 1. The molecular weight excluding hydrogens is 422 g/mol. The molecule has 0 atom stereocenters. The summed E-state index contributed by atoms with van der Waals surface area (Å²) in [7, 11) is 0. The Bertz CT molecular complexity index is 835. The standard InChI is InChI=1S/C21H24BrN3O3/c1-3-4-11-28-19-10-7-16(12-18(19)22)14-23-25-21(27)13-20(26)24-17-8-5-15(2)6-9-17/h5-10,12,14H,3-4,11,13H2,1-2H3,(H,24,26)(H,25,27). The van der Waals surface area contributed by atoms with Crippen LogP contribution in [0, 0.1) is 6.92 Å². The normalized spacial score (nSPS) is 10.7. The van der Waals surface area contributed by atoms with Gasteiger partial charge in [-0.05, 0) is 65.2 Å². The van der Waals surface area contributed by atoms with Crippen LogP contribution in [0.5, 0.6) is 5.75 Å². The van der Waals surface area contributed by atoms with Crippen molar-refractivity contribution in [2.75, 3.05) is 11.9 Å². The van der Waals surface area contributed by atoms with Crippen molar-refractivity contribution in [3.8, 4) is 5.75 Å². The molecule has 7 heteroatoms. The van der Waals surface area contributed by atoms with Crippen LogP contribution in [-0.4, -0.2) is 24.6 Å². The molecule has 2 N–H and O–H groups in total. The average Bonchev–Trinajstić information content (AvgIpc) is 2.65. The van der Waals surface area contributed by atoms with E-state index < -0.39 is 11.8 Å². The monoisotopic (exact) mass is 445 g/mol. The van der Waals surface area contributed by atoms with Gasteiger partial charge in [0.05, 0.1) is 17.3 Å². The quantitative estimate of drug-likeness (QED) is 0.259. The number of rotatable bonds is 9. The first-order chi connectivity index (χ1) is 13.5. The molecule has 2 aromatic carbocycles. The van der Waals surface area contributed by atoms with Crippen LogP contribution in [0.4, 0.5) is 5.69 Å². The molecule has 0 aromatic heterocycles. The second-order valence-electron chi connectivity index (χ2n) is 6.28. The second kappa shape index (κ2) is 11.2. The minimum atomic E-state index is -0.487. The summed E-state index contributed by atoms with van der Waals surface area (Å²) in [4.78, 5) is 23.7. The summed E-state index contributed by atoms with van der Waals surface area (Å²) >= 11 is 3.46. The zero-order valence-corrected chi connectivity index (χ0v) is 17.6. The summed E-state index contributed by atoms with van der Waals surface area (Å²) < 4.78 is 6.48. The van der Waals surface area contributed by atoms with Crippen LogP contribution < -0.4 is 15.5 Å². The number of anilines is 1. The Kier molecular flexibility index (Phi) is 8.68. The highest BCUT2D eigenvalue weighted by Crippen LogP contribution is 2.25. The average molecular weight is 446 g/mol. The molecule has 0 heterocycles. The molecule has 0 saturated heterocycles. The fourth-order valence-electron chi connectivity index (χ4n) is 2.25. The van der Waals surface area contributed by atoms with E-state index in [1.165, 1.54) is 6.21 Å². The van der Waals surface area contributed by atoms with Crippen LogP contribution in [0.25, 0.3) is 0 Å². The molecule has 2 amide bonds. The molecule has 0 unspecified atom stereocenters. The van der Waals surface area contributed by atoms with Gasteiger partial charge in [-0.15, -0.1) is 0 Å². The summed E-state index contributed by atoms with van der Waals surface area (Å²) in [5, 5.41) is 6.56. The largest absolute Gasteiger partial charge is 0.492 e. The number of nitrogens with one attached hydrogen (secondary N) is 2. The van der Waals surface area contributed by atoms with Gasteiger partial charge >= 0.3 is 0 Å². The highest BCUT2D eigenvalue weighted by molar-refractivity contribution is 9.10. The molecule has 6 nitrogen and oxygen atoms in total. The molecule has 0 bridgehead atoms. The van der Waals surface area contributed by atoms with Gasteiger partial charge in [0.25, 0.3) is 0 Å². The van der Waals surface area contributed by atoms with Gasteiger partial charge < -0.3 is 10.1 Å². The third kappa shape index (κ3) is 7.52. The van der Waals surface area contributed by atoms with E-state index >= 15 is 0 Å². The number of amides is 2. The van der Waals surface area contributed by atoms with Crippen LogP contribution in [0.3, 0.4) is 0 Å². The minimum Gasteiger partial charge on any atom is -0.492 e. The SMILES string of the molecule is CCCCOc1ccc(C=NNC(=O)CC(=O)Nc2ccc(C)cc2)cc1Br. The molecule has 0 saturated carbocycles. The molecule has 0 radical (unpaired) electrons.